The van der Waals surface area contributed by atoms with Crippen molar-refractivity contribution in [2.24, 2.45) is 0 Å². The van der Waals surface area contributed by atoms with Gasteiger partial charge >= 0.3 is 0 Å². The molecule has 1 aliphatic carbocycles. The molecule has 0 atom stereocenters. The number of nitrogens with zero attached hydrogens (tertiary/aromatic N) is 3. The Labute approximate surface area is 367 Å². The minimum Gasteiger partial charge on any atom is -0.307 e. The van der Waals surface area contributed by atoms with E-state index in [-0.39, 0.29) is 5.41 Å². The molecule has 0 fully saturated rings. The van der Waals surface area contributed by atoms with Gasteiger partial charge in [-0.25, -0.2) is 0 Å². The smallest absolute Gasteiger partial charge is 0.109 e. The quantitative estimate of drug-likeness (QED) is 0.168. The van der Waals surface area contributed by atoms with Crippen molar-refractivity contribution in [2.45, 2.75) is 19.3 Å². The van der Waals surface area contributed by atoms with Crippen molar-refractivity contribution in [3.63, 3.8) is 0 Å². The minimum absolute atomic E-state index is 0.192. The summed E-state index contributed by atoms with van der Waals surface area (Å²) in [6.45, 7) is 4.81. The van der Waals surface area contributed by atoms with E-state index in [0.717, 1.165) is 5.69 Å². The fourth-order valence-electron chi connectivity index (χ4n) is 11.2. The van der Waals surface area contributed by atoms with Crippen LogP contribution in [-0.4, -0.2) is 13.7 Å². The zero-order valence-electron chi connectivity index (χ0n) is 34.8. The van der Waals surface area contributed by atoms with E-state index in [1.165, 1.54) is 120 Å². The van der Waals surface area contributed by atoms with Gasteiger partial charge in [-0.05, 0) is 112 Å². The minimum atomic E-state index is -0.192. The molecular formula is C59H39N3S. The van der Waals surface area contributed by atoms with Gasteiger partial charge in [-0.15, -0.1) is 11.3 Å². The summed E-state index contributed by atoms with van der Waals surface area (Å²) in [5, 5.41) is 8.99. The number of hydrogen-bond donors (Lipinski definition) is 0. The van der Waals surface area contributed by atoms with E-state index in [1.54, 1.807) is 0 Å². The Morgan fingerprint density at radius 3 is 1.75 bits per heavy atom. The molecule has 4 heteroatoms. The van der Waals surface area contributed by atoms with Crippen LogP contribution in [0.5, 0.6) is 0 Å². The Morgan fingerprint density at radius 1 is 0.381 bits per heavy atom. The summed E-state index contributed by atoms with van der Waals surface area (Å²) in [7, 11) is 0. The van der Waals surface area contributed by atoms with Gasteiger partial charge in [0.1, 0.15) is 4.83 Å². The highest BCUT2D eigenvalue weighted by Gasteiger charge is 2.37. The van der Waals surface area contributed by atoms with E-state index in [1.807, 2.05) is 11.3 Å². The van der Waals surface area contributed by atoms with E-state index in [4.69, 9.17) is 0 Å². The Hall–Kier alpha value is -7.66. The number of thiophene rings is 1. The van der Waals surface area contributed by atoms with E-state index >= 15 is 0 Å². The number of fused-ring (bicyclic) bond motifs is 14. The second kappa shape index (κ2) is 12.7. The maximum absolute atomic E-state index is 2.53. The summed E-state index contributed by atoms with van der Waals surface area (Å²) < 4.78 is 8.75. The van der Waals surface area contributed by atoms with E-state index < -0.39 is 0 Å². The first-order chi connectivity index (χ1) is 31.0. The van der Waals surface area contributed by atoms with Crippen molar-refractivity contribution >= 4 is 86.2 Å². The third kappa shape index (κ3) is 4.73. The molecule has 0 amide bonds. The van der Waals surface area contributed by atoms with Gasteiger partial charge in [-0.1, -0.05) is 135 Å². The van der Waals surface area contributed by atoms with Gasteiger partial charge in [0, 0.05) is 59.2 Å². The average molecular weight is 822 g/mol. The molecule has 4 aromatic heterocycles. The zero-order chi connectivity index (χ0) is 41.6. The normalized spacial score (nSPS) is 13.4. The van der Waals surface area contributed by atoms with Crippen LogP contribution in [-0.2, 0) is 5.41 Å². The van der Waals surface area contributed by atoms with Gasteiger partial charge < -0.3 is 13.7 Å². The highest BCUT2D eigenvalue weighted by Crippen LogP contribution is 2.53. The SMILES string of the molecule is CC1(C)c2ccc(-c3ccc4c(c3)c3c5ccccc5sc3n4-c3ccccc3)cc2-c2cc3c4ccccc4n(-c4cccc5c6ccccc6n(-c6ccccc6)c45)c3cc21. The fraction of sp³-hybridized carbons (Fsp3) is 0.0508. The van der Waals surface area contributed by atoms with Crippen molar-refractivity contribution < 1.29 is 0 Å². The second-order valence-corrected chi connectivity index (χ2v) is 18.7. The monoisotopic (exact) mass is 821 g/mol. The van der Waals surface area contributed by atoms with Crippen molar-refractivity contribution in [1.82, 2.24) is 13.7 Å². The number of aromatic nitrogens is 3. The van der Waals surface area contributed by atoms with Crippen molar-refractivity contribution in [2.75, 3.05) is 0 Å². The highest BCUT2D eigenvalue weighted by molar-refractivity contribution is 7.25. The first-order valence-electron chi connectivity index (χ1n) is 21.8. The topological polar surface area (TPSA) is 14.8 Å². The van der Waals surface area contributed by atoms with Crippen LogP contribution in [0.25, 0.3) is 114 Å². The molecule has 0 aliphatic heterocycles. The molecule has 0 spiro atoms. The largest absolute Gasteiger partial charge is 0.307 e. The molecule has 13 aromatic rings. The molecule has 0 radical (unpaired) electrons. The maximum Gasteiger partial charge on any atom is 0.109 e. The predicted octanol–water partition coefficient (Wildman–Crippen LogP) is 16.2. The number of rotatable bonds is 4. The Kier molecular flexibility index (Phi) is 7.05. The van der Waals surface area contributed by atoms with Crippen LogP contribution in [0.2, 0.25) is 0 Å². The molecule has 1 aliphatic rings. The van der Waals surface area contributed by atoms with Crippen LogP contribution in [0.3, 0.4) is 0 Å². The number of para-hydroxylation sites is 5. The Bertz CT molecular complexity index is 4040. The average Bonchev–Trinajstić information content (AvgIpc) is 4.10. The molecule has 4 heterocycles. The lowest BCUT2D eigenvalue weighted by Crippen LogP contribution is -2.15. The molecule has 3 nitrogen and oxygen atoms in total. The molecule has 63 heavy (non-hydrogen) atoms. The summed E-state index contributed by atoms with van der Waals surface area (Å²) >= 11 is 1.88. The molecule has 0 unspecified atom stereocenters. The van der Waals surface area contributed by atoms with E-state index in [9.17, 15) is 0 Å². The van der Waals surface area contributed by atoms with Crippen molar-refractivity contribution in [1.29, 1.82) is 0 Å². The first-order valence-corrected chi connectivity index (χ1v) is 22.7. The van der Waals surface area contributed by atoms with Crippen LogP contribution < -0.4 is 0 Å². The fourth-order valence-corrected chi connectivity index (χ4v) is 12.4. The van der Waals surface area contributed by atoms with Gasteiger partial charge in [-0.2, -0.15) is 0 Å². The molecule has 0 saturated heterocycles. The standard InChI is InChI=1S/C59H39N3S/c1-59(2)48-30-28-36(37-29-31-52-47(33-37)56-43-22-11-14-27-55(43)63-58(56)61(52)39-18-7-4-8-19-39)32-44(48)45-34-46-41-21-10-13-25-51(41)62(54(46)35-49(45)59)53-26-15-23-42-40-20-9-12-24-50(40)60(57(42)53)38-16-5-3-6-17-38/h3-35H,1-2H3. The van der Waals surface area contributed by atoms with Crippen LogP contribution in [0.1, 0.15) is 25.0 Å². The van der Waals surface area contributed by atoms with Crippen LogP contribution in [0.15, 0.2) is 200 Å². The molecule has 0 saturated carbocycles. The lowest BCUT2D eigenvalue weighted by atomic mass is 9.82. The maximum atomic E-state index is 2.53. The summed E-state index contributed by atoms with van der Waals surface area (Å²) in [6.07, 6.45) is 0. The summed E-state index contributed by atoms with van der Waals surface area (Å²) in [5.41, 5.74) is 17.3. The predicted molar refractivity (Wildman–Crippen MR) is 268 cm³/mol. The van der Waals surface area contributed by atoms with Gasteiger partial charge in [0.15, 0.2) is 0 Å². The van der Waals surface area contributed by atoms with E-state index in [0.29, 0.717) is 0 Å². The first kappa shape index (κ1) is 35.0. The van der Waals surface area contributed by atoms with E-state index in [2.05, 4.69) is 228 Å². The van der Waals surface area contributed by atoms with Crippen LogP contribution >= 0.6 is 11.3 Å². The Morgan fingerprint density at radius 2 is 0.968 bits per heavy atom. The second-order valence-electron chi connectivity index (χ2n) is 17.7. The highest BCUT2D eigenvalue weighted by atomic mass is 32.1. The molecule has 296 valence electrons. The number of benzene rings is 9. The molecule has 9 aromatic carbocycles. The van der Waals surface area contributed by atoms with Crippen LogP contribution in [0, 0.1) is 0 Å². The lowest BCUT2D eigenvalue weighted by molar-refractivity contribution is 0.661. The van der Waals surface area contributed by atoms with Crippen molar-refractivity contribution in [3.05, 3.63) is 211 Å². The summed E-state index contributed by atoms with van der Waals surface area (Å²) in [5.74, 6) is 0. The zero-order valence-corrected chi connectivity index (χ0v) is 35.6. The van der Waals surface area contributed by atoms with Gasteiger partial charge in [0.25, 0.3) is 0 Å². The van der Waals surface area contributed by atoms with Crippen molar-refractivity contribution in [3.8, 4) is 39.3 Å². The van der Waals surface area contributed by atoms with Crippen LogP contribution in [0.4, 0.5) is 0 Å². The summed E-state index contributed by atoms with van der Waals surface area (Å²) in [6, 6.07) is 74.4. The van der Waals surface area contributed by atoms with Gasteiger partial charge in [0.2, 0.25) is 0 Å². The lowest BCUT2D eigenvalue weighted by Gasteiger charge is -2.22. The Balaban J connectivity index is 0.987. The molecule has 14 rings (SSSR count). The number of hydrogen-bond acceptors (Lipinski definition) is 1. The third-order valence-electron chi connectivity index (χ3n) is 14.0. The van der Waals surface area contributed by atoms with Gasteiger partial charge in [0.05, 0.1) is 33.3 Å². The van der Waals surface area contributed by atoms with Gasteiger partial charge in [-0.3, -0.25) is 0 Å². The third-order valence-corrected chi connectivity index (χ3v) is 15.2. The molecule has 0 N–H and O–H groups in total. The molecular weight excluding hydrogens is 783 g/mol. The summed E-state index contributed by atoms with van der Waals surface area (Å²) in [4.78, 5) is 1.29. The molecule has 0 bridgehead atoms.